The molecule has 1 unspecified atom stereocenters. The van der Waals surface area contributed by atoms with E-state index in [0.717, 1.165) is 18.4 Å². The molecule has 41 heavy (non-hydrogen) atoms. The summed E-state index contributed by atoms with van der Waals surface area (Å²) in [5.74, 6) is -5.00. The average molecular weight is 563 g/mol. The monoisotopic (exact) mass is 562 g/mol. The molecule has 4 aliphatic heterocycles. The zero-order valence-electron chi connectivity index (χ0n) is 24.6. The van der Waals surface area contributed by atoms with Crippen molar-refractivity contribution in [3.05, 3.63) is 35.5 Å². The lowest BCUT2D eigenvalue weighted by Crippen LogP contribution is -2.65. The van der Waals surface area contributed by atoms with Gasteiger partial charge in [0.2, 0.25) is 17.5 Å². The minimum absolute atomic E-state index is 0.0874. The van der Waals surface area contributed by atoms with E-state index in [1.165, 1.54) is 16.5 Å². The van der Waals surface area contributed by atoms with Gasteiger partial charge in [0.25, 0.3) is 0 Å². The van der Waals surface area contributed by atoms with Gasteiger partial charge in [0, 0.05) is 48.1 Å². The molecule has 3 N–H and O–H groups in total. The van der Waals surface area contributed by atoms with E-state index >= 15 is 0 Å². The lowest BCUT2D eigenvalue weighted by atomic mass is 9.69. The van der Waals surface area contributed by atoms with Gasteiger partial charge in [0.05, 0.1) is 23.8 Å². The summed E-state index contributed by atoms with van der Waals surface area (Å²) in [4.78, 5) is 49.5. The molecule has 2 aromatic rings. The molecule has 1 aliphatic carbocycles. The largest absolute Gasteiger partial charge is 0.363 e. The van der Waals surface area contributed by atoms with E-state index in [0.29, 0.717) is 32.0 Å². The fourth-order valence-electron chi connectivity index (χ4n) is 9.00. The van der Waals surface area contributed by atoms with Crippen LogP contribution in [0.25, 0.3) is 10.9 Å². The molecule has 220 valence electrons. The van der Waals surface area contributed by atoms with Gasteiger partial charge in [-0.1, -0.05) is 39.8 Å². The number of aliphatic hydroxyl groups is 1. The Labute approximate surface area is 241 Å². The van der Waals surface area contributed by atoms with Crippen LogP contribution in [-0.4, -0.2) is 81.2 Å². The lowest BCUT2D eigenvalue weighted by molar-refractivity contribution is -0.291. The Hall–Kier alpha value is -2.75. The number of aromatic amines is 1. The van der Waals surface area contributed by atoms with Crippen molar-refractivity contribution in [2.75, 3.05) is 20.1 Å². The van der Waals surface area contributed by atoms with Gasteiger partial charge in [-0.15, -0.1) is 0 Å². The molecule has 8 atom stereocenters. The molecular weight excluding hydrogens is 520 g/mol. The number of fused-ring (bicyclic) bond motifs is 5. The Morgan fingerprint density at radius 3 is 2.73 bits per heavy atom. The second-order valence-electron chi connectivity index (χ2n) is 13.9. The number of benzene rings is 1. The highest BCUT2D eigenvalue weighted by Crippen LogP contribution is 2.54. The number of rotatable bonds is 4. The molecule has 7 rings (SSSR count). The van der Waals surface area contributed by atoms with E-state index in [-0.39, 0.29) is 35.4 Å². The number of ketones is 1. The van der Waals surface area contributed by atoms with Gasteiger partial charge in [-0.3, -0.25) is 14.4 Å². The van der Waals surface area contributed by atoms with Gasteiger partial charge in [-0.05, 0) is 55.8 Å². The van der Waals surface area contributed by atoms with Crippen LogP contribution in [0.2, 0.25) is 0 Å². The maximum absolute atomic E-state index is 14.4. The second kappa shape index (κ2) is 9.12. The number of amides is 2. The highest BCUT2D eigenvalue weighted by Gasteiger charge is 2.73. The molecule has 9 nitrogen and oxygen atoms in total. The third kappa shape index (κ3) is 3.61. The quantitative estimate of drug-likeness (QED) is 0.528. The molecule has 4 fully saturated rings. The highest BCUT2D eigenvalue weighted by molar-refractivity contribution is 6.00. The van der Waals surface area contributed by atoms with Crippen LogP contribution in [0.3, 0.4) is 0 Å². The van der Waals surface area contributed by atoms with Gasteiger partial charge in [-0.25, -0.2) is 0 Å². The van der Waals surface area contributed by atoms with Crippen LogP contribution in [0, 0.1) is 29.6 Å². The topological polar surface area (TPSA) is 115 Å². The summed E-state index contributed by atoms with van der Waals surface area (Å²) in [6.45, 7) is 8.63. The average Bonchev–Trinajstić information content (AvgIpc) is 3.64. The number of hydrogen-bond donors (Lipinski definition) is 3. The Bertz CT molecular complexity index is 1430. The van der Waals surface area contributed by atoms with Crippen LogP contribution in [0.1, 0.15) is 64.0 Å². The zero-order chi connectivity index (χ0) is 29.0. The van der Waals surface area contributed by atoms with Crippen molar-refractivity contribution >= 4 is 28.5 Å². The molecule has 0 radical (unpaired) electrons. The van der Waals surface area contributed by atoms with Crippen molar-refractivity contribution < 1.29 is 24.2 Å². The summed E-state index contributed by atoms with van der Waals surface area (Å²) in [5.41, 5.74) is 2.02. The first-order valence-corrected chi connectivity index (χ1v) is 15.4. The van der Waals surface area contributed by atoms with E-state index in [2.05, 4.69) is 46.6 Å². The Balaban J connectivity index is 1.21. The molecule has 1 aromatic carbocycles. The third-order valence-electron chi connectivity index (χ3n) is 11.0. The van der Waals surface area contributed by atoms with Crippen LogP contribution in [0.4, 0.5) is 0 Å². The molecule has 2 amide bonds. The standard InChI is InChI=1S/C32H42N4O5/c1-16(2)25-27-28(37)31(17(3)4,41-32(27,40)24-10-7-11-36(24)30(25)39)34-29(38)19-12-21-20-8-6-9-22-26(20)18(14-33-22)13-23(21)35(5)15-19/h6,8-9,14,16-17,19,21,23-25,27,33,40H,7,10-13,15H2,1-5H3,(H,34,38)/t19-,21-,23-,24+,25-,27?,31-,32+/m1/s1. The molecule has 1 aromatic heterocycles. The van der Waals surface area contributed by atoms with Gasteiger partial charge in [0.15, 0.2) is 11.6 Å². The first-order valence-electron chi connectivity index (χ1n) is 15.4. The van der Waals surface area contributed by atoms with Crippen molar-refractivity contribution in [2.24, 2.45) is 29.6 Å². The lowest BCUT2D eigenvalue weighted by Gasteiger charge is -2.48. The smallest absolute Gasteiger partial charge is 0.227 e. The van der Waals surface area contributed by atoms with E-state index in [4.69, 9.17) is 4.74 Å². The van der Waals surface area contributed by atoms with Crippen LogP contribution in [-0.2, 0) is 25.5 Å². The number of ether oxygens (including phenoxy) is 1. The summed E-state index contributed by atoms with van der Waals surface area (Å²) in [7, 11) is 2.08. The summed E-state index contributed by atoms with van der Waals surface area (Å²) >= 11 is 0. The number of carbonyl (C=O) groups excluding carboxylic acids is 3. The van der Waals surface area contributed by atoms with E-state index < -0.39 is 35.3 Å². The highest BCUT2D eigenvalue weighted by atomic mass is 16.7. The molecule has 0 bridgehead atoms. The number of nitrogens with one attached hydrogen (secondary N) is 2. The minimum Gasteiger partial charge on any atom is -0.363 e. The Kier molecular flexibility index (Phi) is 6.03. The normalized spacial score (nSPS) is 38.5. The van der Waals surface area contributed by atoms with Crippen LogP contribution < -0.4 is 5.32 Å². The van der Waals surface area contributed by atoms with Crippen molar-refractivity contribution in [1.82, 2.24) is 20.1 Å². The van der Waals surface area contributed by atoms with Crippen LogP contribution in [0.5, 0.6) is 0 Å². The summed E-state index contributed by atoms with van der Waals surface area (Å²) in [6.07, 6.45) is 5.03. The van der Waals surface area contributed by atoms with Crippen molar-refractivity contribution in [2.45, 2.75) is 82.9 Å². The Morgan fingerprint density at radius 1 is 1.22 bits per heavy atom. The predicted octanol–water partition coefficient (Wildman–Crippen LogP) is 2.78. The minimum atomic E-state index is -1.83. The van der Waals surface area contributed by atoms with Crippen molar-refractivity contribution in [3.63, 3.8) is 0 Å². The zero-order valence-corrected chi connectivity index (χ0v) is 24.6. The fraction of sp³-hybridized carbons (Fsp3) is 0.656. The number of piperidine rings is 2. The summed E-state index contributed by atoms with van der Waals surface area (Å²) in [6, 6.07) is 6.06. The van der Waals surface area contributed by atoms with Crippen LogP contribution in [0.15, 0.2) is 24.4 Å². The van der Waals surface area contributed by atoms with E-state index in [9.17, 15) is 19.5 Å². The van der Waals surface area contributed by atoms with Crippen LogP contribution >= 0.6 is 0 Å². The number of nitrogens with zero attached hydrogens (tertiary/aromatic N) is 2. The van der Waals surface area contributed by atoms with Gasteiger partial charge in [0.1, 0.15) is 0 Å². The second-order valence-corrected chi connectivity index (χ2v) is 13.9. The number of likely N-dealkylation sites (tertiary alicyclic amines) is 1. The fourth-order valence-corrected chi connectivity index (χ4v) is 9.00. The first kappa shape index (κ1) is 27.1. The number of Topliss-reactive ketones (excluding diaryl/α,β-unsaturated/α-hetero) is 1. The molecular formula is C32H42N4O5. The van der Waals surface area contributed by atoms with E-state index in [1.54, 1.807) is 4.90 Å². The van der Waals surface area contributed by atoms with Crippen molar-refractivity contribution in [1.29, 1.82) is 0 Å². The van der Waals surface area contributed by atoms with Gasteiger partial charge < -0.3 is 29.9 Å². The van der Waals surface area contributed by atoms with Crippen molar-refractivity contribution in [3.8, 4) is 0 Å². The molecule has 5 heterocycles. The van der Waals surface area contributed by atoms with E-state index in [1.807, 2.05) is 27.7 Å². The first-order chi connectivity index (χ1) is 19.5. The molecule has 4 saturated heterocycles. The summed E-state index contributed by atoms with van der Waals surface area (Å²) in [5, 5.41) is 16.5. The Morgan fingerprint density at radius 2 is 2.00 bits per heavy atom. The van der Waals surface area contributed by atoms with Gasteiger partial charge in [-0.2, -0.15) is 0 Å². The SMILES string of the molecule is CC(C)[C@H]1C(=O)N2CCC[C@H]2[C@]2(O)O[C@](NC(=O)[C@@H]3C[C@@H]4c5cccc6[nH]cc(c56)C[C@H]4N(C)C3)(C(C)C)C(=O)C12. The maximum Gasteiger partial charge on any atom is 0.227 e. The number of likely N-dealkylation sites (N-methyl/N-ethyl adjacent to an activating group) is 1. The summed E-state index contributed by atoms with van der Waals surface area (Å²) < 4.78 is 6.50. The predicted molar refractivity (Wildman–Crippen MR) is 153 cm³/mol. The molecule has 9 heteroatoms. The number of aromatic nitrogens is 1. The third-order valence-corrected chi connectivity index (χ3v) is 11.0. The van der Waals surface area contributed by atoms with Gasteiger partial charge >= 0.3 is 0 Å². The molecule has 0 saturated carbocycles. The molecule has 0 spiro atoms. The maximum atomic E-state index is 14.4. The molecule has 5 aliphatic rings. The number of H-pyrrole nitrogens is 1. The number of carbonyl (C=O) groups is 3. The number of hydrogen-bond acceptors (Lipinski definition) is 6.